The van der Waals surface area contributed by atoms with Gasteiger partial charge in [-0.25, -0.2) is 0 Å². The minimum atomic E-state index is -1.40. The summed E-state index contributed by atoms with van der Waals surface area (Å²) in [5, 5.41) is 22.4. The van der Waals surface area contributed by atoms with E-state index in [9.17, 15) is 19.8 Å². The zero-order valence-electron chi connectivity index (χ0n) is 10.1. The molecule has 0 atom stereocenters. The van der Waals surface area contributed by atoms with Crippen molar-refractivity contribution in [3.8, 4) is 0 Å². The third-order valence-electron chi connectivity index (χ3n) is 2.34. The molecule has 0 saturated heterocycles. The maximum Gasteiger partial charge on any atom is 1.00 e. The molecule has 80 valence electrons. The SMILES string of the molecule is O=C([O-])c1cccc2cccc(C(=O)[O-])c12.[Li+].[Li+]. The van der Waals surface area contributed by atoms with Crippen LogP contribution in [-0.4, -0.2) is 11.9 Å². The smallest absolute Gasteiger partial charge is 0.545 e. The van der Waals surface area contributed by atoms with E-state index in [0.29, 0.717) is 5.39 Å². The number of rotatable bonds is 2. The van der Waals surface area contributed by atoms with Crippen LogP contribution < -0.4 is 47.9 Å². The van der Waals surface area contributed by atoms with Crippen LogP contribution in [0.5, 0.6) is 0 Å². The first-order chi connectivity index (χ1) is 7.61. The summed E-state index contributed by atoms with van der Waals surface area (Å²) in [6.07, 6.45) is 0. The Morgan fingerprint density at radius 2 is 1.17 bits per heavy atom. The van der Waals surface area contributed by atoms with E-state index >= 15 is 0 Å². The predicted molar refractivity (Wildman–Crippen MR) is 52.6 cm³/mol. The normalized spacial score (nSPS) is 9.11. The van der Waals surface area contributed by atoms with E-state index in [0.717, 1.165) is 0 Å². The summed E-state index contributed by atoms with van der Waals surface area (Å²) in [6.45, 7) is 0. The van der Waals surface area contributed by atoms with Gasteiger partial charge in [0.25, 0.3) is 0 Å². The summed E-state index contributed by atoms with van der Waals surface area (Å²) in [5.41, 5.74) is -0.283. The maximum absolute atomic E-state index is 10.9. The van der Waals surface area contributed by atoms with Gasteiger partial charge in [-0.2, -0.15) is 0 Å². The van der Waals surface area contributed by atoms with E-state index in [1.54, 1.807) is 12.1 Å². The second-order valence-corrected chi connectivity index (χ2v) is 3.28. The van der Waals surface area contributed by atoms with Gasteiger partial charge in [0, 0.05) is 11.1 Å². The molecule has 2 rings (SSSR count). The van der Waals surface area contributed by atoms with Gasteiger partial charge in [0.1, 0.15) is 0 Å². The van der Waals surface area contributed by atoms with Crippen LogP contribution in [0.2, 0.25) is 0 Å². The number of benzene rings is 2. The summed E-state index contributed by atoms with van der Waals surface area (Å²) in [4.78, 5) is 21.7. The van der Waals surface area contributed by atoms with Gasteiger partial charge in [-0.05, 0) is 10.8 Å². The summed E-state index contributed by atoms with van der Waals surface area (Å²) in [6, 6.07) is 8.95. The molecular weight excluding hydrogens is 222 g/mol. The molecule has 0 aliphatic rings. The largest absolute Gasteiger partial charge is 1.00 e. The van der Waals surface area contributed by atoms with Gasteiger partial charge in [-0.3, -0.25) is 0 Å². The standard InChI is InChI=1S/C12H8O4.2Li/c13-11(14)8-5-1-3-7-4-2-6-9(10(7)8)12(15)16;;/h1-6H,(H,13,14)(H,15,16);;/q;2*+1/p-2. The first-order valence-electron chi connectivity index (χ1n) is 4.55. The molecule has 2 aromatic rings. The fourth-order valence-electron chi connectivity index (χ4n) is 1.68. The summed E-state index contributed by atoms with van der Waals surface area (Å²) >= 11 is 0. The molecule has 0 unspecified atom stereocenters. The van der Waals surface area contributed by atoms with Crippen LogP contribution in [0.3, 0.4) is 0 Å². The van der Waals surface area contributed by atoms with Gasteiger partial charge in [0.05, 0.1) is 11.9 Å². The number of fused-ring (bicyclic) bond motifs is 1. The third-order valence-corrected chi connectivity index (χ3v) is 2.34. The molecule has 0 N–H and O–H groups in total. The average molecular weight is 228 g/mol. The van der Waals surface area contributed by atoms with E-state index in [-0.39, 0.29) is 54.2 Å². The summed E-state index contributed by atoms with van der Waals surface area (Å²) < 4.78 is 0. The van der Waals surface area contributed by atoms with Crippen LogP contribution in [0.1, 0.15) is 20.7 Å². The Bertz CT molecular complexity index is 547. The van der Waals surface area contributed by atoms with Crippen LogP contribution in [0.4, 0.5) is 0 Å². The Morgan fingerprint density at radius 1 is 0.778 bits per heavy atom. The Kier molecular flexibility index (Phi) is 6.25. The van der Waals surface area contributed by atoms with Gasteiger partial charge in [-0.15, -0.1) is 0 Å². The second kappa shape index (κ2) is 6.68. The van der Waals surface area contributed by atoms with Gasteiger partial charge in [-0.1, -0.05) is 36.4 Å². The predicted octanol–water partition coefficient (Wildman–Crippen LogP) is -6.43. The molecule has 18 heavy (non-hydrogen) atoms. The van der Waals surface area contributed by atoms with E-state index in [4.69, 9.17) is 0 Å². The van der Waals surface area contributed by atoms with Crippen molar-refractivity contribution in [2.24, 2.45) is 0 Å². The molecule has 0 heterocycles. The Labute approximate surface area is 127 Å². The molecule has 2 aromatic carbocycles. The molecule has 0 spiro atoms. The van der Waals surface area contributed by atoms with Crippen molar-refractivity contribution in [3.05, 3.63) is 47.5 Å². The Morgan fingerprint density at radius 3 is 1.50 bits per heavy atom. The first kappa shape index (κ1) is 16.8. The van der Waals surface area contributed by atoms with Crippen molar-refractivity contribution < 1.29 is 57.5 Å². The molecule has 0 aliphatic heterocycles. The Balaban J connectivity index is 0.00000144. The van der Waals surface area contributed by atoms with Crippen LogP contribution >= 0.6 is 0 Å². The van der Waals surface area contributed by atoms with Gasteiger partial charge >= 0.3 is 37.7 Å². The van der Waals surface area contributed by atoms with Crippen molar-refractivity contribution in [1.82, 2.24) is 0 Å². The zero-order chi connectivity index (χ0) is 11.7. The molecular formula is C12H6Li2O4. The fourth-order valence-corrected chi connectivity index (χ4v) is 1.68. The van der Waals surface area contributed by atoms with Crippen molar-refractivity contribution >= 4 is 22.7 Å². The van der Waals surface area contributed by atoms with Crippen LogP contribution in [0.25, 0.3) is 10.8 Å². The molecule has 0 amide bonds. The van der Waals surface area contributed by atoms with Crippen LogP contribution in [0, 0.1) is 0 Å². The fraction of sp³-hybridized carbons (Fsp3) is 0. The van der Waals surface area contributed by atoms with E-state index in [2.05, 4.69) is 0 Å². The third kappa shape index (κ3) is 2.99. The number of hydrogen-bond acceptors (Lipinski definition) is 4. The van der Waals surface area contributed by atoms with E-state index in [1.807, 2.05) is 0 Å². The topological polar surface area (TPSA) is 80.3 Å². The summed E-state index contributed by atoms with van der Waals surface area (Å²) in [7, 11) is 0. The minimum Gasteiger partial charge on any atom is -0.545 e. The van der Waals surface area contributed by atoms with E-state index in [1.165, 1.54) is 24.3 Å². The van der Waals surface area contributed by atoms with Gasteiger partial charge < -0.3 is 19.8 Å². The molecule has 4 nitrogen and oxygen atoms in total. The number of hydrogen-bond donors (Lipinski definition) is 0. The monoisotopic (exact) mass is 228 g/mol. The van der Waals surface area contributed by atoms with Gasteiger partial charge in [0.15, 0.2) is 0 Å². The second-order valence-electron chi connectivity index (χ2n) is 3.28. The van der Waals surface area contributed by atoms with Crippen molar-refractivity contribution in [2.45, 2.75) is 0 Å². The minimum absolute atomic E-state index is 0. The quantitative estimate of drug-likeness (QED) is 0.479. The molecule has 0 saturated carbocycles. The van der Waals surface area contributed by atoms with Crippen LogP contribution in [-0.2, 0) is 0 Å². The molecule has 0 fully saturated rings. The first-order valence-corrected chi connectivity index (χ1v) is 4.55. The van der Waals surface area contributed by atoms with Crippen molar-refractivity contribution in [1.29, 1.82) is 0 Å². The molecule has 0 aliphatic carbocycles. The number of carbonyl (C=O) groups excluding carboxylic acids is 2. The molecule has 0 radical (unpaired) electrons. The number of carboxylic acid groups (broad SMARTS) is 2. The van der Waals surface area contributed by atoms with Gasteiger partial charge in [0.2, 0.25) is 0 Å². The average Bonchev–Trinajstić information content (AvgIpc) is 2.27. The summed E-state index contributed by atoms with van der Waals surface area (Å²) in [5.74, 6) is -2.81. The van der Waals surface area contributed by atoms with E-state index < -0.39 is 11.9 Å². The van der Waals surface area contributed by atoms with Crippen molar-refractivity contribution in [3.63, 3.8) is 0 Å². The Hall–Kier alpha value is -1.17. The van der Waals surface area contributed by atoms with Crippen LogP contribution in [0.15, 0.2) is 36.4 Å². The maximum atomic E-state index is 10.9. The number of carbonyl (C=O) groups is 2. The van der Waals surface area contributed by atoms with Crippen molar-refractivity contribution in [2.75, 3.05) is 0 Å². The number of carboxylic acids is 2. The molecule has 0 aromatic heterocycles. The number of aromatic carboxylic acids is 2. The molecule has 0 bridgehead atoms. The molecule has 6 heteroatoms. The zero-order valence-corrected chi connectivity index (χ0v) is 10.1.